The third-order valence-electron chi connectivity index (χ3n) is 2.15. The third kappa shape index (κ3) is 3.88. The summed E-state index contributed by atoms with van der Waals surface area (Å²) in [5.74, 6) is -0.114. The first kappa shape index (κ1) is 14.8. The van der Waals surface area contributed by atoms with E-state index in [9.17, 15) is 9.59 Å². The van der Waals surface area contributed by atoms with E-state index in [1.54, 1.807) is 6.92 Å². The summed E-state index contributed by atoms with van der Waals surface area (Å²) >= 11 is 1.26. The zero-order valence-electron chi connectivity index (χ0n) is 10.5. The van der Waals surface area contributed by atoms with E-state index in [4.69, 9.17) is 10.5 Å². The molecule has 3 N–H and O–H groups in total. The minimum absolute atomic E-state index is 0.246. The minimum Gasteiger partial charge on any atom is -0.465 e. The summed E-state index contributed by atoms with van der Waals surface area (Å²) in [6.45, 7) is 4.59. The lowest BCUT2D eigenvalue weighted by Gasteiger charge is -2.09. The molecule has 0 spiro atoms. The molecule has 0 saturated carbocycles. The second-order valence-corrected chi connectivity index (χ2v) is 4.62. The number of nitrogens with one attached hydrogen (secondary N) is 1. The average Bonchev–Trinajstić information content (AvgIpc) is 2.69. The highest BCUT2D eigenvalue weighted by Gasteiger charge is 2.17. The van der Waals surface area contributed by atoms with E-state index >= 15 is 0 Å². The van der Waals surface area contributed by atoms with Crippen LogP contribution in [0.1, 0.15) is 20.3 Å². The van der Waals surface area contributed by atoms with Crippen LogP contribution in [0.25, 0.3) is 0 Å². The lowest BCUT2D eigenvalue weighted by Crippen LogP contribution is -2.34. The molecule has 0 amide bonds. The van der Waals surface area contributed by atoms with E-state index in [2.05, 4.69) is 10.2 Å². The number of esters is 1. The number of nitrogens with two attached hydrogens (primary N) is 1. The van der Waals surface area contributed by atoms with Gasteiger partial charge in [-0.3, -0.25) is 9.36 Å². The molecule has 1 aromatic heterocycles. The first-order valence-electron chi connectivity index (χ1n) is 5.80. The van der Waals surface area contributed by atoms with Crippen LogP contribution in [0.4, 0.5) is 0 Å². The zero-order valence-corrected chi connectivity index (χ0v) is 11.3. The van der Waals surface area contributed by atoms with Crippen molar-refractivity contribution >= 4 is 17.7 Å². The van der Waals surface area contributed by atoms with Crippen LogP contribution in [-0.2, 0) is 16.1 Å². The molecule has 0 radical (unpaired) electrons. The second kappa shape index (κ2) is 7.22. The number of hydrogen-bond acceptors (Lipinski definition) is 6. The molecule has 1 atom stereocenters. The van der Waals surface area contributed by atoms with Crippen LogP contribution >= 0.6 is 11.8 Å². The standard InChI is InChI=1S/C10H18N4O3S/c1-3-5-14-9(16)12-13-10(14)18-6-7(11)8(15)17-4-2/h7H,3-6,11H2,1-2H3,(H,12,16). The number of carbonyl (C=O) groups is 1. The Hall–Kier alpha value is -1.28. The number of ether oxygens (including phenoxy) is 1. The molecule has 7 nitrogen and oxygen atoms in total. The average molecular weight is 274 g/mol. The Morgan fingerprint density at radius 1 is 1.61 bits per heavy atom. The Labute approximate surface area is 109 Å². The summed E-state index contributed by atoms with van der Waals surface area (Å²) in [6.07, 6.45) is 0.830. The van der Waals surface area contributed by atoms with Gasteiger partial charge >= 0.3 is 11.7 Å². The number of aromatic amines is 1. The third-order valence-corrected chi connectivity index (χ3v) is 3.25. The normalized spacial score (nSPS) is 12.4. The number of nitrogens with zero attached hydrogens (tertiary/aromatic N) is 2. The van der Waals surface area contributed by atoms with E-state index in [0.717, 1.165) is 6.42 Å². The van der Waals surface area contributed by atoms with E-state index < -0.39 is 12.0 Å². The molecule has 0 bridgehead atoms. The van der Waals surface area contributed by atoms with E-state index in [0.29, 0.717) is 24.1 Å². The first-order valence-corrected chi connectivity index (χ1v) is 6.78. The van der Waals surface area contributed by atoms with Gasteiger partial charge in [-0.25, -0.2) is 9.89 Å². The maximum atomic E-state index is 11.4. The SMILES string of the molecule is CCCn1c(SCC(N)C(=O)OCC)n[nH]c1=O. The lowest BCUT2D eigenvalue weighted by atomic mass is 10.4. The van der Waals surface area contributed by atoms with E-state index in [-0.39, 0.29) is 5.69 Å². The van der Waals surface area contributed by atoms with Gasteiger partial charge in [-0.1, -0.05) is 18.7 Å². The molecule has 1 unspecified atom stereocenters. The van der Waals surface area contributed by atoms with Gasteiger partial charge in [-0.2, -0.15) is 0 Å². The molecule has 18 heavy (non-hydrogen) atoms. The molecule has 1 heterocycles. The molecule has 0 saturated heterocycles. The number of carbonyl (C=O) groups excluding carboxylic acids is 1. The molecule has 0 aliphatic heterocycles. The Balaban J connectivity index is 2.58. The van der Waals surface area contributed by atoms with Gasteiger partial charge in [0.05, 0.1) is 6.61 Å². The van der Waals surface area contributed by atoms with E-state index in [1.807, 2.05) is 6.92 Å². The van der Waals surface area contributed by atoms with Crippen molar-refractivity contribution in [2.75, 3.05) is 12.4 Å². The number of rotatable bonds is 7. The van der Waals surface area contributed by atoms with Crippen LogP contribution in [-0.4, -0.2) is 39.1 Å². The summed E-state index contributed by atoms with van der Waals surface area (Å²) in [5.41, 5.74) is 5.41. The van der Waals surface area contributed by atoms with Crippen LogP contribution in [0.5, 0.6) is 0 Å². The number of H-pyrrole nitrogens is 1. The van der Waals surface area contributed by atoms with Crippen LogP contribution in [0.2, 0.25) is 0 Å². The van der Waals surface area contributed by atoms with Gasteiger partial charge in [0, 0.05) is 12.3 Å². The van der Waals surface area contributed by atoms with Gasteiger partial charge in [0.25, 0.3) is 0 Å². The fourth-order valence-corrected chi connectivity index (χ4v) is 2.22. The quantitative estimate of drug-likeness (QED) is 0.534. The van der Waals surface area contributed by atoms with Crippen molar-refractivity contribution in [2.24, 2.45) is 5.73 Å². The largest absolute Gasteiger partial charge is 0.465 e. The van der Waals surface area contributed by atoms with Gasteiger partial charge in [-0.05, 0) is 13.3 Å². The summed E-state index contributed by atoms with van der Waals surface area (Å²) in [5, 5.41) is 6.82. The predicted molar refractivity (Wildman–Crippen MR) is 68.5 cm³/mol. The predicted octanol–water partition coefficient (Wildman–Crippen LogP) is -0.0361. The highest BCUT2D eigenvalue weighted by molar-refractivity contribution is 7.99. The molecule has 1 aromatic rings. The van der Waals surface area contributed by atoms with Crippen molar-refractivity contribution < 1.29 is 9.53 Å². The van der Waals surface area contributed by atoms with Crippen LogP contribution in [0, 0.1) is 0 Å². The summed E-state index contributed by atoms with van der Waals surface area (Å²) in [4.78, 5) is 22.7. The molecule has 0 aliphatic rings. The molecule has 102 valence electrons. The van der Waals surface area contributed by atoms with Gasteiger partial charge < -0.3 is 10.5 Å². The first-order chi connectivity index (χ1) is 8.60. The Morgan fingerprint density at radius 2 is 2.33 bits per heavy atom. The smallest absolute Gasteiger partial charge is 0.343 e. The topological polar surface area (TPSA) is 103 Å². The van der Waals surface area contributed by atoms with Gasteiger partial charge in [-0.15, -0.1) is 5.10 Å². The highest BCUT2D eigenvalue weighted by Crippen LogP contribution is 2.14. The molecular formula is C10H18N4O3S. The molecular weight excluding hydrogens is 256 g/mol. The maximum absolute atomic E-state index is 11.4. The van der Waals surface area contributed by atoms with E-state index in [1.165, 1.54) is 16.3 Å². The fourth-order valence-electron chi connectivity index (χ4n) is 1.32. The Morgan fingerprint density at radius 3 is 2.94 bits per heavy atom. The van der Waals surface area contributed by atoms with Crippen molar-refractivity contribution in [3.8, 4) is 0 Å². The Bertz CT molecular complexity index is 443. The van der Waals surface area contributed by atoms with Gasteiger partial charge in [0.15, 0.2) is 5.16 Å². The number of thioether (sulfide) groups is 1. The monoisotopic (exact) mass is 274 g/mol. The fraction of sp³-hybridized carbons (Fsp3) is 0.700. The lowest BCUT2D eigenvalue weighted by molar-refractivity contribution is -0.144. The van der Waals surface area contributed by atoms with Crippen molar-refractivity contribution in [1.82, 2.24) is 14.8 Å². The second-order valence-electron chi connectivity index (χ2n) is 3.63. The van der Waals surface area contributed by atoms with Crippen LogP contribution < -0.4 is 11.4 Å². The molecule has 0 aliphatic carbocycles. The van der Waals surface area contributed by atoms with Crippen LogP contribution in [0.3, 0.4) is 0 Å². The Kier molecular flexibility index (Phi) is 5.93. The summed E-state index contributed by atoms with van der Waals surface area (Å²) in [6, 6.07) is -0.711. The maximum Gasteiger partial charge on any atom is 0.343 e. The highest BCUT2D eigenvalue weighted by atomic mass is 32.2. The zero-order chi connectivity index (χ0) is 13.5. The number of hydrogen-bond donors (Lipinski definition) is 2. The molecule has 0 fully saturated rings. The van der Waals surface area contributed by atoms with Crippen molar-refractivity contribution in [2.45, 2.75) is 38.0 Å². The molecule has 0 aromatic carbocycles. The minimum atomic E-state index is -0.711. The molecule has 8 heteroatoms. The summed E-state index contributed by atoms with van der Waals surface area (Å²) < 4.78 is 6.33. The van der Waals surface area contributed by atoms with Gasteiger partial charge in [0.1, 0.15) is 6.04 Å². The number of aromatic nitrogens is 3. The van der Waals surface area contributed by atoms with Crippen molar-refractivity contribution in [3.63, 3.8) is 0 Å². The van der Waals surface area contributed by atoms with Crippen molar-refractivity contribution in [3.05, 3.63) is 10.5 Å². The van der Waals surface area contributed by atoms with Crippen molar-refractivity contribution in [1.29, 1.82) is 0 Å². The molecule has 1 rings (SSSR count). The van der Waals surface area contributed by atoms with Crippen LogP contribution in [0.15, 0.2) is 9.95 Å². The van der Waals surface area contributed by atoms with Gasteiger partial charge in [0.2, 0.25) is 0 Å². The summed E-state index contributed by atoms with van der Waals surface area (Å²) in [7, 11) is 0.